The van der Waals surface area contributed by atoms with E-state index in [-0.39, 0.29) is 12.6 Å². The molecule has 0 aliphatic carbocycles. The minimum atomic E-state index is 0.223. The van der Waals surface area contributed by atoms with Crippen molar-refractivity contribution in [1.82, 2.24) is 5.32 Å². The summed E-state index contributed by atoms with van der Waals surface area (Å²) in [6.45, 7) is 5.28. The second kappa shape index (κ2) is 5.37. The van der Waals surface area contributed by atoms with Gasteiger partial charge in [-0.2, -0.15) is 0 Å². The van der Waals surface area contributed by atoms with Crippen molar-refractivity contribution >= 4 is 11.3 Å². The van der Waals surface area contributed by atoms with Crippen LogP contribution in [0.4, 0.5) is 0 Å². The van der Waals surface area contributed by atoms with Crippen LogP contribution in [0.15, 0.2) is 12.1 Å². The van der Waals surface area contributed by atoms with E-state index in [1.807, 2.05) is 0 Å². The third kappa shape index (κ3) is 3.46. The van der Waals surface area contributed by atoms with Gasteiger partial charge in [-0.05, 0) is 25.5 Å². The zero-order valence-electron chi connectivity index (χ0n) is 8.21. The molecular formula is C10H17NOS. The lowest BCUT2D eigenvalue weighted by atomic mass is 10.2. The predicted octanol–water partition coefficient (Wildman–Crippen LogP) is 1.92. The average molecular weight is 199 g/mol. The van der Waals surface area contributed by atoms with E-state index in [1.165, 1.54) is 9.75 Å². The lowest BCUT2D eigenvalue weighted by molar-refractivity contribution is 0.238. The zero-order valence-corrected chi connectivity index (χ0v) is 9.03. The van der Waals surface area contributed by atoms with Crippen LogP contribution in [0.1, 0.15) is 23.1 Å². The highest BCUT2D eigenvalue weighted by atomic mass is 32.1. The molecule has 1 rings (SSSR count). The molecule has 0 fully saturated rings. The van der Waals surface area contributed by atoms with Crippen molar-refractivity contribution in [2.45, 2.75) is 32.9 Å². The minimum Gasteiger partial charge on any atom is -0.395 e. The number of rotatable bonds is 5. The quantitative estimate of drug-likeness (QED) is 0.759. The SMILES string of the molecule is CC[C@@H](CO)NCc1ccc(C)s1. The monoisotopic (exact) mass is 199 g/mol. The lowest BCUT2D eigenvalue weighted by Gasteiger charge is -2.12. The Hall–Kier alpha value is -0.380. The van der Waals surface area contributed by atoms with E-state index in [0.717, 1.165) is 13.0 Å². The smallest absolute Gasteiger partial charge is 0.0584 e. The summed E-state index contributed by atoms with van der Waals surface area (Å²) in [6, 6.07) is 4.50. The van der Waals surface area contributed by atoms with Crippen molar-refractivity contribution < 1.29 is 5.11 Å². The molecule has 0 aliphatic rings. The van der Waals surface area contributed by atoms with Gasteiger partial charge in [-0.3, -0.25) is 0 Å². The molecule has 2 N–H and O–H groups in total. The predicted molar refractivity (Wildman–Crippen MR) is 57.1 cm³/mol. The zero-order chi connectivity index (χ0) is 9.68. The Morgan fingerprint density at radius 3 is 2.77 bits per heavy atom. The first-order chi connectivity index (χ1) is 6.26. The fraction of sp³-hybridized carbons (Fsp3) is 0.600. The molecule has 0 spiro atoms. The van der Waals surface area contributed by atoms with Crippen LogP contribution < -0.4 is 5.32 Å². The van der Waals surface area contributed by atoms with Crippen LogP contribution >= 0.6 is 11.3 Å². The number of aliphatic hydroxyl groups excluding tert-OH is 1. The first kappa shape index (κ1) is 10.7. The Balaban J connectivity index is 2.33. The first-order valence-corrected chi connectivity index (χ1v) is 5.47. The molecule has 0 radical (unpaired) electrons. The third-order valence-corrected chi connectivity index (χ3v) is 3.07. The second-order valence-corrected chi connectivity index (χ2v) is 4.55. The van der Waals surface area contributed by atoms with Gasteiger partial charge in [-0.15, -0.1) is 11.3 Å². The Morgan fingerprint density at radius 2 is 2.31 bits per heavy atom. The second-order valence-electron chi connectivity index (χ2n) is 3.18. The van der Waals surface area contributed by atoms with Crippen LogP contribution in [0.2, 0.25) is 0 Å². The van der Waals surface area contributed by atoms with Crippen molar-refractivity contribution in [3.05, 3.63) is 21.9 Å². The van der Waals surface area contributed by atoms with E-state index in [4.69, 9.17) is 5.11 Å². The normalized spacial score (nSPS) is 13.2. The molecule has 0 aliphatic heterocycles. The van der Waals surface area contributed by atoms with Crippen LogP contribution in [-0.2, 0) is 6.54 Å². The van der Waals surface area contributed by atoms with E-state index in [1.54, 1.807) is 11.3 Å². The number of aliphatic hydroxyl groups is 1. The minimum absolute atomic E-state index is 0.223. The highest BCUT2D eigenvalue weighted by Gasteiger charge is 2.03. The van der Waals surface area contributed by atoms with Crippen molar-refractivity contribution in [2.75, 3.05) is 6.61 Å². The van der Waals surface area contributed by atoms with Gasteiger partial charge in [-0.25, -0.2) is 0 Å². The molecule has 1 atom stereocenters. The molecule has 0 aromatic carbocycles. The van der Waals surface area contributed by atoms with E-state index < -0.39 is 0 Å². The number of hydrogen-bond acceptors (Lipinski definition) is 3. The fourth-order valence-corrected chi connectivity index (χ4v) is 2.00. The Labute approximate surface area is 83.6 Å². The largest absolute Gasteiger partial charge is 0.395 e. The van der Waals surface area contributed by atoms with Gasteiger partial charge in [0, 0.05) is 22.3 Å². The number of hydrogen-bond donors (Lipinski definition) is 2. The van der Waals surface area contributed by atoms with Crippen molar-refractivity contribution in [1.29, 1.82) is 0 Å². The van der Waals surface area contributed by atoms with E-state index in [0.29, 0.717) is 0 Å². The average Bonchev–Trinajstić information content (AvgIpc) is 2.53. The number of aryl methyl sites for hydroxylation is 1. The molecule has 0 saturated carbocycles. The van der Waals surface area contributed by atoms with Gasteiger partial charge in [0.05, 0.1) is 6.61 Å². The summed E-state index contributed by atoms with van der Waals surface area (Å²) in [7, 11) is 0. The van der Waals surface area contributed by atoms with Crippen LogP contribution in [0.3, 0.4) is 0 Å². The Morgan fingerprint density at radius 1 is 1.54 bits per heavy atom. The maximum Gasteiger partial charge on any atom is 0.0584 e. The number of thiophene rings is 1. The molecule has 1 heterocycles. The summed E-state index contributed by atoms with van der Waals surface area (Å²) >= 11 is 1.81. The van der Waals surface area contributed by atoms with Crippen LogP contribution in [0.5, 0.6) is 0 Å². The molecule has 0 unspecified atom stereocenters. The van der Waals surface area contributed by atoms with Gasteiger partial charge in [0.25, 0.3) is 0 Å². The van der Waals surface area contributed by atoms with Crippen molar-refractivity contribution in [3.8, 4) is 0 Å². The Bertz CT molecular complexity index is 243. The third-order valence-electron chi connectivity index (χ3n) is 2.07. The summed E-state index contributed by atoms with van der Waals surface area (Å²) in [5.74, 6) is 0. The first-order valence-electron chi connectivity index (χ1n) is 4.65. The van der Waals surface area contributed by atoms with Crippen LogP contribution in [-0.4, -0.2) is 17.8 Å². The molecule has 13 heavy (non-hydrogen) atoms. The topological polar surface area (TPSA) is 32.3 Å². The molecule has 3 heteroatoms. The van der Waals surface area contributed by atoms with Gasteiger partial charge in [0.1, 0.15) is 0 Å². The highest BCUT2D eigenvalue weighted by molar-refractivity contribution is 7.11. The molecule has 0 saturated heterocycles. The summed E-state index contributed by atoms with van der Waals surface area (Å²) in [5, 5.41) is 12.3. The lowest BCUT2D eigenvalue weighted by Crippen LogP contribution is -2.30. The van der Waals surface area contributed by atoms with Crippen LogP contribution in [0, 0.1) is 6.92 Å². The molecule has 1 aromatic heterocycles. The molecule has 74 valence electrons. The molecular weight excluding hydrogens is 182 g/mol. The van der Waals surface area contributed by atoms with Gasteiger partial charge in [0.15, 0.2) is 0 Å². The fourth-order valence-electron chi connectivity index (χ4n) is 1.16. The summed E-state index contributed by atoms with van der Waals surface area (Å²) in [5.41, 5.74) is 0. The van der Waals surface area contributed by atoms with Gasteiger partial charge in [0.2, 0.25) is 0 Å². The molecule has 1 aromatic rings. The van der Waals surface area contributed by atoms with Crippen molar-refractivity contribution in [2.24, 2.45) is 0 Å². The van der Waals surface area contributed by atoms with E-state index in [2.05, 4.69) is 31.3 Å². The van der Waals surface area contributed by atoms with Crippen molar-refractivity contribution in [3.63, 3.8) is 0 Å². The van der Waals surface area contributed by atoms with Gasteiger partial charge < -0.3 is 10.4 Å². The number of nitrogens with one attached hydrogen (secondary N) is 1. The van der Waals surface area contributed by atoms with E-state index in [9.17, 15) is 0 Å². The maximum atomic E-state index is 8.95. The maximum absolute atomic E-state index is 8.95. The van der Waals surface area contributed by atoms with E-state index >= 15 is 0 Å². The molecule has 2 nitrogen and oxygen atoms in total. The molecule has 0 bridgehead atoms. The highest BCUT2D eigenvalue weighted by Crippen LogP contribution is 2.14. The summed E-state index contributed by atoms with van der Waals surface area (Å²) in [6.07, 6.45) is 0.973. The standard InChI is InChI=1S/C10H17NOS/c1-3-9(7-12)11-6-10-5-4-8(2)13-10/h4-5,9,11-12H,3,6-7H2,1-2H3/t9-/m0/s1. The van der Waals surface area contributed by atoms with Gasteiger partial charge in [-0.1, -0.05) is 6.92 Å². The summed E-state index contributed by atoms with van der Waals surface area (Å²) in [4.78, 5) is 2.68. The Kier molecular flexibility index (Phi) is 4.42. The molecule has 0 amide bonds. The summed E-state index contributed by atoms with van der Waals surface area (Å²) < 4.78 is 0. The van der Waals surface area contributed by atoms with Gasteiger partial charge >= 0.3 is 0 Å². The van der Waals surface area contributed by atoms with Crippen LogP contribution in [0.25, 0.3) is 0 Å².